The summed E-state index contributed by atoms with van der Waals surface area (Å²) in [5.41, 5.74) is 0.964. The first-order valence-electron chi connectivity index (χ1n) is 11.5. The number of hydrogen-bond donors (Lipinski definition) is 2. The van der Waals surface area contributed by atoms with Gasteiger partial charge in [-0.1, -0.05) is 30.3 Å². The normalized spacial score (nSPS) is 10.8. The molecule has 0 aliphatic rings. The molecule has 0 heterocycles. The van der Waals surface area contributed by atoms with Gasteiger partial charge in [0.15, 0.2) is 0 Å². The maximum absolute atomic E-state index is 11.8. The molecule has 0 unspecified atom stereocenters. The van der Waals surface area contributed by atoms with Crippen LogP contribution >= 0.6 is 0 Å². The Morgan fingerprint density at radius 3 is 2.00 bits per heavy atom. The predicted molar refractivity (Wildman–Crippen MR) is 121 cm³/mol. The highest BCUT2D eigenvalue weighted by molar-refractivity contribution is 5.75. The smallest absolute Gasteiger partial charge is 0.306 e. The first kappa shape index (κ1) is 28.0. The van der Waals surface area contributed by atoms with Gasteiger partial charge < -0.3 is 29.4 Å². The van der Waals surface area contributed by atoms with E-state index in [1.807, 2.05) is 30.3 Å². The van der Waals surface area contributed by atoms with E-state index in [1.54, 1.807) is 0 Å². The SMILES string of the molecule is O=C(CCCCC(=O)OCc1ccccc1)NCCOCCCOCCCOCCCO. The van der Waals surface area contributed by atoms with Crippen molar-refractivity contribution < 1.29 is 33.6 Å². The highest BCUT2D eigenvalue weighted by Gasteiger charge is 2.05. The summed E-state index contributed by atoms with van der Waals surface area (Å²) in [5.74, 6) is -0.270. The average Bonchev–Trinajstić information content (AvgIpc) is 2.81. The number of rotatable bonds is 21. The Morgan fingerprint density at radius 2 is 1.34 bits per heavy atom. The number of aliphatic hydroxyl groups excluding tert-OH is 1. The van der Waals surface area contributed by atoms with Crippen LogP contribution in [0, 0.1) is 0 Å². The van der Waals surface area contributed by atoms with Crippen LogP contribution in [0.5, 0.6) is 0 Å². The van der Waals surface area contributed by atoms with Crippen LogP contribution < -0.4 is 5.32 Å². The number of hydrogen-bond acceptors (Lipinski definition) is 7. The van der Waals surface area contributed by atoms with Gasteiger partial charge in [0.2, 0.25) is 5.91 Å². The molecule has 0 radical (unpaired) electrons. The van der Waals surface area contributed by atoms with E-state index >= 15 is 0 Å². The maximum Gasteiger partial charge on any atom is 0.306 e. The van der Waals surface area contributed by atoms with Crippen LogP contribution in [0.15, 0.2) is 30.3 Å². The molecule has 0 fully saturated rings. The largest absolute Gasteiger partial charge is 0.461 e. The zero-order valence-electron chi connectivity index (χ0n) is 19.1. The van der Waals surface area contributed by atoms with Crippen molar-refractivity contribution in [3.63, 3.8) is 0 Å². The van der Waals surface area contributed by atoms with Crippen molar-refractivity contribution in [2.45, 2.75) is 51.6 Å². The van der Waals surface area contributed by atoms with Crippen LogP contribution in [-0.4, -0.2) is 69.8 Å². The minimum Gasteiger partial charge on any atom is -0.461 e. The standard InChI is InChI=1S/C24H39NO7/c26-14-6-15-29-16-7-17-30-18-8-19-31-20-13-25-23(27)11-4-5-12-24(28)32-21-22-9-2-1-3-10-22/h1-3,9-10,26H,4-8,11-21H2,(H,25,27). The molecule has 1 amide bonds. The molecule has 0 atom stereocenters. The van der Waals surface area contributed by atoms with Gasteiger partial charge in [-0.3, -0.25) is 9.59 Å². The van der Waals surface area contributed by atoms with Crippen LogP contribution in [0.25, 0.3) is 0 Å². The lowest BCUT2D eigenvalue weighted by atomic mass is 10.2. The molecule has 8 nitrogen and oxygen atoms in total. The molecular weight excluding hydrogens is 414 g/mol. The third-order valence-electron chi connectivity index (χ3n) is 4.45. The zero-order chi connectivity index (χ0) is 23.1. The van der Waals surface area contributed by atoms with Gasteiger partial charge in [-0.2, -0.15) is 0 Å². The Balaban J connectivity index is 1.80. The second-order valence-corrected chi connectivity index (χ2v) is 7.32. The predicted octanol–water partition coefficient (Wildman–Crippen LogP) is 2.62. The quantitative estimate of drug-likeness (QED) is 0.218. The summed E-state index contributed by atoms with van der Waals surface area (Å²) < 4.78 is 21.5. The van der Waals surface area contributed by atoms with E-state index in [2.05, 4.69) is 5.32 Å². The number of unbranched alkanes of at least 4 members (excludes halogenated alkanes) is 1. The second kappa shape index (κ2) is 20.9. The molecule has 182 valence electrons. The summed E-state index contributed by atoms with van der Waals surface area (Å²) in [7, 11) is 0. The van der Waals surface area contributed by atoms with Crippen LogP contribution in [0.1, 0.15) is 50.5 Å². The second-order valence-electron chi connectivity index (χ2n) is 7.32. The number of carbonyl (C=O) groups excluding carboxylic acids is 2. The monoisotopic (exact) mass is 453 g/mol. The van der Waals surface area contributed by atoms with Gasteiger partial charge in [0.25, 0.3) is 0 Å². The first-order chi connectivity index (χ1) is 15.7. The van der Waals surface area contributed by atoms with Crippen LogP contribution in [0.3, 0.4) is 0 Å². The molecule has 2 N–H and O–H groups in total. The fraction of sp³-hybridized carbons (Fsp3) is 0.667. The van der Waals surface area contributed by atoms with E-state index in [-0.39, 0.29) is 25.1 Å². The highest BCUT2D eigenvalue weighted by atomic mass is 16.5. The van der Waals surface area contributed by atoms with Gasteiger partial charge >= 0.3 is 5.97 Å². The summed E-state index contributed by atoms with van der Waals surface area (Å²) in [6.07, 6.45) is 4.31. The minimum absolute atomic E-state index is 0.0317. The van der Waals surface area contributed by atoms with Crippen molar-refractivity contribution in [2.24, 2.45) is 0 Å². The first-order valence-corrected chi connectivity index (χ1v) is 11.5. The van der Waals surface area contributed by atoms with E-state index in [0.717, 1.165) is 18.4 Å². The Hall–Kier alpha value is -2.00. The van der Waals surface area contributed by atoms with E-state index < -0.39 is 0 Å². The van der Waals surface area contributed by atoms with Crippen molar-refractivity contribution in [2.75, 3.05) is 52.8 Å². The molecule has 0 spiro atoms. The molecule has 8 heteroatoms. The van der Waals surface area contributed by atoms with Crippen LogP contribution in [-0.2, 0) is 35.1 Å². The molecule has 0 aliphatic heterocycles. The summed E-state index contributed by atoms with van der Waals surface area (Å²) in [6, 6.07) is 9.56. The third kappa shape index (κ3) is 17.7. The number of ether oxygens (including phenoxy) is 4. The zero-order valence-corrected chi connectivity index (χ0v) is 19.1. The molecular formula is C24H39NO7. The minimum atomic E-state index is -0.238. The number of benzene rings is 1. The number of esters is 1. The van der Waals surface area contributed by atoms with Gasteiger partial charge in [0.1, 0.15) is 6.61 Å². The molecule has 0 saturated heterocycles. The van der Waals surface area contributed by atoms with Crippen molar-refractivity contribution in [1.29, 1.82) is 0 Å². The van der Waals surface area contributed by atoms with Crippen LogP contribution in [0.4, 0.5) is 0 Å². The molecule has 1 aromatic carbocycles. The summed E-state index contributed by atoms with van der Waals surface area (Å²) in [4.78, 5) is 23.5. The lowest BCUT2D eigenvalue weighted by Crippen LogP contribution is -2.27. The molecule has 1 aromatic rings. The molecule has 0 saturated carbocycles. The topological polar surface area (TPSA) is 103 Å². The number of carbonyl (C=O) groups is 2. The van der Waals surface area contributed by atoms with Gasteiger partial charge in [-0.05, 0) is 37.7 Å². The van der Waals surface area contributed by atoms with E-state index in [9.17, 15) is 9.59 Å². The maximum atomic E-state index is 11.8. The number of nitrogens with one attached hydrogen (secondary N) is 1. The molecule has 1 rings (SSSR count). The molecule has 0 aromatic heterocycles. The van der Waals surface area contributed by atoms with Gasteiger partial charge in [0, 0.05) is 59.0 Å². The van der Waals surface area contributed by atoms with Gasteiger partial charge in [-0.15, -0.1) is 0 Å². The summed E-state index contributed by atoms with van der Waals surface area (Å²) in [6.45, 7) is 4.51. The summed E-state index contributed by atoms with van der Waals surface area (Å²) in [5, 5.41) is 11.4. The van der Waals surface area contributed by atoms with Crippen molar-refractivity contribution >= 4 is 11.9 Å². The van der Waals surface area contributed by atoms with E-state index in [1.165, 1.54) is 0 Å². The Labute approximate surface area is 191 Å². The molecule has 0 bridgehead atoms. The average molecular weight is 454 g/mol. The lowest BCUT2D eigenvalue weighted by Gasteiger charge is -2.08. The number of aliphatic hydroxyl groups is 1. The lowest BCUT2D eigenvalue weighted by molar-refractivity contribution is -0.145. The Bertz CT molecular complexity index is 583. The van der Waals surface area contributed by atoms with Crippen LogP contribution in [0.2, 0.25) is 0 Å². The van der Waals surface area contributed by atoms with Crippen molar-refractivity contribution in [3.8, 4) is 0 Å². The molecule has 32 heavy (non-hydrogen) atoms. The molecule has 0 aliphatic carbocycles. The Kier molecular flexibility index (Phi) is 18.3. The van der Waals surface area contributed by atoms with E-state index in [4.69, 9.17) is 24.1 Å². The number of amides is 1. The highest BCUT2D eigenvalue weighted by Crippen LogP contribution is 2.05. The summed E-state index contributed by atoms with van der Waals surface area (Å²) >= 11 is 0. The fourth-order valence-electron chi connectivity index (χ4n) is 2.72. The fourth-order valence-corrected chi connectivity index (χ4v) is 2.72. The van der Waals surface area contributed by atoms with Gasteiger partial charge in [0.05, 0.1) is 6.61 Å². The van der Waals surface area contributed by atoms with Gasteiger partial charge in [-0.25, -0.2) is 0 Å². The van der Waals surface area contributed by atoms with Crippen molar-refractivity contribution in [3.05, 3.63) is 35.9 Å². The Morgan fingerprint density at radius 1 is 0.750 bits per heavy atom. The van der Waals surface area contributed by atoms with E-state index in [0.29, 0.717) is 78.3 Å². The van der Waals surface area contributed by atoms with Crippen molar-refractivity contribution in [1.82, 2.24) is 5.32 Å². The third-order valence-corrected chi connectivity index (χ3v) is 4.45.